The average molecular weight is 350 g/mol. The third kappa shape index (κ3) is 2.12. The molecule has 124 valence electrons. The molecule has 0 radical (unpaired) electrons. The first-order valence-electron chi connectivity index (χ1n) is 7.95. The SMILES string of the molecule is COc1ccc2c(c1)sc1nc(C(=O)N3CCc4ccncc43)cn12. The summed E-state index contributed by atoms with van der Waals surface area (Å²) in [5.41, 5.74) is 3.52. The van der Waals surface area contributed by atoms with E-state index in [9.17, 15) is 4.79 Å². The molecule has 0 aliphatic carbocycles. The summed E-state index contributed by atoms with van der Waals surface area (Å²) in [4.78, 5) is 24.2. The second-order valence-corrected chi connectivity index (χ2v) is 6.93. The Bertz CT molecular complexity index is 1130. The Kier molecular flexibility index (Phi) is 3.05. The quantitative estimate of drug-likeness (QED) is 0.557. The van der Waals surface area contributed by atoms with Crippen LogP contribution in [0.15, 0.2) is 42.9 Å². The van der Waals surface area contributed by atoms with Gasteiger partial charge in [-0.2, -0.15) is 0 Å². The van der Waals surface area contributed by atoms with Gasteiger partial charge in [0.2, 0.25) is 0 Å². The fraction of sp³-hybridized carbons (Fsp3) is 0.167. The molecule has 4 heterocycles. The van der Waals surface area contributed by atoms with Crippen molar-refractivity contribution in [3.05, 3.63) is 54.1 Å². The number of thiazole rings is 1. The molecule has 0 N–H and O–H groups in total. The number of amides is 1. The van der Waals surface area contributed by atoms with Crippen LogP contribution in [-0.4, -0.2) is 33.9 Å². The van der Waals surface area contributed by atoms with Crippen molar-refractivity contribution in [3.8, 4) is 5.75 Å². The van der Waals surface area contributed by atoms with Crippen molar-refractivity contribution in [2.24, 2.45) is 0 Å². The number of methoxy groups -OCH3 is 1. The highest BCUT2D eigenvalue weighted by Crippen LogP contribution is 2.31. The maximum atomic E-state index is 12.9. The van der Waals surface area contributed by atoms with Crippen molar-refractivity contribution in [3.63, 3.8) is 0 Å². The van der Waals surface area contributed by atoms with E-state index >= 15 is 0 Å². The van der Waals surface area contributed by atoms with Crippen molar-refractivity contribution in [2.75, 3.05) is 18.6 Å². The van der Waals surface area contributed by atoms with Gasteiger partial charge >= 0.3 is 0 Å². The second kappa shape index (κ2) is 5.29. The highest BCUT2D eigenvalue weighted by atomic mass is 32.1. The van der Waals surface area contributed by atoms with Crippen LogP contribution in [0.5, 0.6) is 5.75 Å². The van der Waals surface area contributed by atoms with E-state index in [2.05, 4.69) is 9.97 Å². The number of ether oxygens (including phenoxy) is 1. The number of fused-ring (bicyclic) bond motifs is 4. The monoisotopic (exact) mass is 350 g/mol. The molecular formula is C18H14N4O2S. The number of pyridine rings is 1. The number of carbonyl (C=O) groups is 1. The molecule has 25 heavy (non-hydrogen) atoms. The zero-order valence-corrected chi connectivity index (χ0v) is 14.3. The number of aromatic nitrogens is 3. The summed E-state index contributed by atoms with van der Waals surface area (Å²) in [6.07, 6.45) is 6.19. The van der Waals surface area contributed by atoms with Gasteiger partial charge in [0, 0.05) is 18.9 Å². The van der Waals surface area contributed by atoms with Gasteiger partial charge in [0.1, 0.15) is 11.4 Å². The summed E-state index contributed by atoms with van der Waals surface area (Å²) in [7, 11) is 1.65. The van der Waals surface area contributed by atoms with Crippen LogP contribution in [0.1, 0.15) is 16.1 Å². The minimum absolute atomic E-state index is 0.0793. The van der Waals surface area contributed by atoms with Gasteiger partial charge in [0.25, 0.3) is 5.91 Å². The highest BCUT2D eigenvalue weighted by Gasteiger charge is 2.27. The largest absolute Gasteiger partial charge is 0.497 e. The van der Waals surface area contributed by atoms with Crippen molar-refractivity contribution in [1.82, 2.24) is 14.4 Å². The first kappa shape index (κ1) is 14.4. The third-order valence-corrected chi connectivity index (χ3v) is 5.57. The summed E-state index contributed by atoms with van der Waals surface area (Å²) in [6, 6.07) is 7.86. The molecule has 1 aromatic carbocycles. The second-order valence-electron chi connectivity index (χ2n) is 5.93. The fourth-order valence-electron chi connectivity index (χ4n) is 3.28. The molecular weight excluding hydrogens is 336 g/mol. The van der Waals surface area contributed by atoms with Crippen molar-refractivity contribution in [2.45, 2.75) is 6.42 Å². The van der Waals surface area contributed by atoms with Gasteiger partial charge in [0.05, 0.1) is 29.2 Å². The summed E-state index contributed by atoms with van der Waals surface area (Å²) in [5, 5.41) is 0. The fourth-order valence-corrected chi connectivity index (χ4v) is 4.32. The molecule has 0 saturated carbocycles. The van der Waals surface area contributed by atoms with E-state index in [0.29, 0.717) is 12.2 Å². The molecule has 0 fully saturated rings. The Labute approximate surface area is 147 Å². The minimum atomic E-state index is -0.0793. The van der Waals surface area contributed by atoms with Crippen LogP contribution in [0, 0.1) is 0 Å². The lowest BCUT2D eigenvalue weighted by Gasteiger charge is -2.15. The van der Waals surface area contributed by atoms with Crippen LogP contribution in [0.3, 0.4) is 0 Å². The number of hydrogen-bond donors (Lipinski definition) is 0. The molecule has 1 amide bonds. The third-order valence-electron chi connectivity index (χ3n) is 4.55. The van der Waals surface area contributed by atoms with Gasteiger partial charge in [0.15, 0.2) is 4.96 Å². The molecule has 0 unspecified atom stereocenters. The number of carbonyl (C=O) groups excluding carboxylic acids is 1. The Morgan fingerprint density at radius 3 is 3.12 bits per heavy atom. The summed E-state index contributed by atoms with van der Waals surface area (Å²) >= 11 is 1.55. The van der Waals surface area contributed by atoms with Gasteiger partial charge in [-0.25, -0.2) is 4.98 Å². The van der Waals surface area contributed by atoms with Crippen molar-refractivity contribution in [1.29, 1.82) is 0 Å². The molecule has 0 saturated heterocycles. The van der Waals surface area contributed by atoms with E-state index < -0.39 is 0 Å². The van der Waals surface area contributed by atoms with Crippen molar-refractivity contribution >= 4 is 38.1 Å². The maximum Gasteiger partial charge on any atom is 0.278 e. The summed E-state index contributed by atoms with van der Waals surface area (Å²) in [6.45, 7) is 0.670. The zero-order chi connectivity index (χ0) is 17.0. The molecule has 4 aromatic rings. The van der Waals surface area contributed by atoms with Crippen LogP contribution in [0.25, 0.3) is 15.2 Å². The predicted octanol–water partition coefficient (Wildman–Crippen LogP) is 3.16. The number of hydrogen-bond acceptors (Lipinski definition) is 5. The molecule has 7 heteroatoms. The molecule has 0 bridgehead atoms. The van der Waals surface area contributed by atoms with E-state index in [1.165, 1.54) is 0 Å². The van der Waals surface area contributed by atoms with Crippen LogP contribution in [-0.2, 0) is 6.42 Å². The maximum absolute atomic E-state index is 12.9. The van der Waals surface area contributed by atoms with Crippen LogP contribution < -0.4 is 9.64 Å². The number of rotatable bonds is 2. The van der Waals surface area contributed by atoms with Gasteiger partial charge in [-0.05, 0) is 36.2 Å². The lowest BCUT2D eigenvalue weighted by atomic mass is 10.2. The average Bonchev–Trinajstić information content (AvgIpc) is 3.32. The lowest BCUT2D eigenvalue weighted by Crippen LogP contribution is -2.29. The van der Waals surface area contributed by atoms with E-state index in [0.717, 1.165) is 38.6 Å². The first-order valence-corrected chi connectivity index (χ1v) is 8.76. The Balaban J connectivity index is 1.56. The summed E-state index contributed by atoms with van der Waals surface area (Å²) in [5.74, 6) is 0.735. The topological polar surface area (TPSA) is 59.7 Å². The Morgan fingerprint density at radius 2 is 2.24 bits per heavy atom. The number of imidazole rings is 1. The van der Waals surface area contributed by atoms with Gasteiger partial charge < -0.3 is 9.64 Å². The Morgan fingerprint density at radius 1 is 1.32 bits per heavy atom. The highest BCUT2D eigenvalue weighted by molar-refractivity contribution is 7.23. The van der Waals surface area contributed by atoms with Crippen LogP contribution in [0.2, 0.25) is 0 Å². The minimum Gasteiger partial charge on any atom is -0.497 e. The van der Waals surface area contributed by atoms with E-state index in [1.807, 2.05) is 34.9 Å². The molecule has 1 aliphatic rings. The van der Waals surface area contributed by atoms with Crippen LogP contribution >= 0.6 is 11.3 Å². The first-order chi connectivity index (χ1) is 12.2. The van der Waals surface area contributed by atoms with Gasteiger partial charge in [-0.1, -0.05) is 11.3 Å². The lowest BCUT2D eigenvalue weighted by molar-refractivity contribution is 0.0985. The standard InChI is InChI=1S/C18H14N4O2S/c1-24-12-2-3-14-16(8-12)25-18-20-13(10-22(14)18)17(23)21-7-5-11-4-6-19-9-15(11)21/h2-4,6,8-10H,5,7H2,1H3. The molecule has 3 aromatic heterocycles. The number of benzene rings is 1. The zero-order valence-electron chi connectivity index (χ0n) is 13.5. The van der Waals surface area contributed by atoms with Crippen LogP contribution in [0.4, 0.5) is 5.69 Å². The molecule has 0 atom stereocenters. The van der Waals surface area contributed by atoms with E-state index in [-0.39, 0.29) is 5.91 Å². The number of anilines is 1. The predicted molar refractivity (Wildman–Crippen MR) is 96.7 cm³/mol. The Hall–Kier alpha value is -2.93. The molecule has 6 nitrogen and oxygen atoms in total. The normalized spacial score (nSPS) is 13.6. The van der Waals surface area contributed by atoms with E-state index in [1.54, 1.807) is 35.7 Å². The summed E-state index contributed by atoms with van der Waals surface area (Å²) < 4.78 is 8.31. The van der Waals surface area contributed by atoms with E-state index in [4.69, 9.17) is 4.74 Å². The van der Waals surface area contributed by atoms with Gasteiger partial charge in [-0.15, -0.1) is 0 Å². The molecule has 1 aliphatic heterocycles. The molecule has 5 rings (SSSR count). The molecule has 0 spiro atoms. The van der Waals surface area contributed by atoms with Crippen molar-refractivity contribution < 1.29 is 9.53 Å². The smallest absolute Gasteiger partial charge is 0.278 e. The number of nitrogens with zero attached hydrogens (tertiary/aromatic N) is 4. The van der Waals surface area contributed by atoms with Gasteiger partial charge in [-0.3, -0.25) is 14.2 Å².